The number of nitriles is 1. The zero-order valence-corrected chi connectivity index (χ0v) is 15.0. The molecule has 0 saturated carbocycles. The average molecular weight is 343 g/mol. The third kappa shape index (κ3) is 3.89. The molecular formula is C22H21N3O. The first-order valence-corrected chi connectivity index (χ1v) is 8.72. The molecule has 0 atom stereocenters. The highest BCUT2D eigenvalue weighted by molar-refractivity contribution is 5.71. The molecule has 3 rings (SSSR count). The molecule has 26 heavy (non-hydrogen) atoms. The number of aromatic amines is 1. The van der Waals surface area contributed by atoms with Crippen LogP contribution >= 0.6 is 0 Å². The van der Waals surface area contributed by atoms with Crippen molar-refractivity contribution < 1.29 is 0 Å². The van der Waals surface area contributed by atoms with Gasteiger partial charge in [0.25, 0.3) is 5.56 Å². The van der Waals surface area contributed by atoms with Crippen LogP contribution in [0.15, 0.2) is 59.7 Å². The molecule has 1 aromatic heterocycles. The van der Waals surface area contributed by atoms with Gasteiger partial charge in [-0.15, -0.1) is 0 Å². The highest BCUT2D eigenvalue weighted by Gasteiger charge is 2.13. The van der Waals surface area contributed by atoms with Gasteiger partial charge in [-0.3, -0.25) is 4.79 Å². The van der Waals surface area contributed by atoms with E-state index in [1.807, 2.05) is 48.5 Å². The molecule has 0 radical (unpaired) electrons. The summed E-state index contributed by atoms with van der Waals surface area (Å²) >= 11 is 0. The number of aromatic nitrogens is 2. The Morgan fingerprint density at radius 2 is 1.92 bits per heavy atom. The molecule has 0 aliphatic rings. The molecule has 4 heteroatoms. The number of nitrogens with one attached hydrogen (secondary N) is 1. The fraction of sp³-hybridized carbons (Fsp3) is 0.227. The Labute approximate surface area is 153 Å². The Morgan fingerprint density at radius 3 is 2.62 bits per heavy atom. The first-order valence-electron chi connectivity index (χ1n) is 8.72. The molecule has 0 unspecified atom stereocenters. The van der Waals surface area contributed by atoms with Crippen molar-refractivity contribution in [2.75, 3.05) is 0 Å². The molecule has 0 fully saturated rings. The summed E-state index contributed by atoms with van der Waals surface area (Å²) in [7, 11) is 0. The molecule has 0 saturated heterocycles. The second kappa shape index (κ2) is 7.79. The van der Waals surface area contributed by atoms with Gasteiger partial charge in [0.1, 0.15) is 0 Å². The van der Waals surface area contributed by atoms with Crippen molar-refractivity contribution >= 4 is 0 Å². The van der Waals surface area contributed by atoms with Gasteiger partial charge in [0, 0.05) is 12.0 Å². The van der Waals surface area contributed by atoms with Crippen LogP contribution in [0.5, 0.6) is 0 Å². The Morgan fingerprint density at radius 1 is 1.15 bits per heavy atom. The molecule has 0 amide bonds. The predicted octanol–water partition coefficient (Wildman–Crippen LogP) is 4.10. The van der Waals surface area contributed by atoms with Crippen molar-refractivity contribution in [3.8, 4) is 17.2 Å². The highest BCUT2D eigenvalue weighted by atomic mass is 16.1. The van der Waals surface area contributed by atoms with Gasteiger partial charge in [-0.1, -0.05) is 56.3 Å². The van der Waals surface area contributed by atoms with Crippen LogP contribution in [-0.2, 0) is 12.8 Å². The largest absolute Gasteiger partial charge is 0.313 e. The molecule has 1 heterocycles. The highest BCUT2D eigenvalue weighted by Crippen LogP contribution is 2.25. The average Bonchev–Trinajstić information content (AvgIpc) is 2.64. The van der Waals surface area contributed by atoms with Crippen LogP contribution in [0.25, 0.3) is 11.1 Å². The van der Waals surface area contributed by atoms with Crippen LogP contribution in [0.1, 0.15) is 36.2 Å². The van der Waals surface area contributed by atoms with E-state index < -0.39 is 0 Å². The van der Waals surface area contributed by atoms with Crippen molar-refractivity contribution in [1.29, 1.82) is 5.26 Å². The number of rotatable bonds is 5. The summed E-state index contributed by atoms with van der Waals surface area (Å²) in [6, 6.07) is 17.9. The molecule has 130 valence electrons. The van der Waals surface area contributed by atoms with Crippen molar-refractivity contribution in [2.45, 2.75) is 26.7 Å². The van der Waals surface area contributed by atoms with Gasteiger partial charge < -0.3 is 4.98 Å². The standard InChI is InChI=1S/C22H21N3O/c1-15(2)10-21-20(22(26)25-14-24-21)12-16-8-9-19(18(11-16)13-23)17-6-4-3-5-7-17/h3-9,11,14-15H,10,12H2,1-2H3,(H,24,25,26). The monoisotopic (exact) mass is 343 g/mol. The van der Waals surface area contributed by atoms with Crippen molar-refractivity contribution in [1.82, 2.24) is 9.97 Å². The first-order chi connectivity index (χ1) is 12.6. The van der Waals surface area contributed by atoms with Gasteiger partial charge in [-0.05, 0) is 35.1 Å². The van der Waals surface area contributed by atoms with Gasteiger partial charge in [0.2, 0.25) is 0 Å². The summed E-state index contributed by atoms with van der Waals surface area (Å²) in [4.78, 5) is 19.3. The normalized spacial score (nSPS) is 10.7. The lowest BCUT2D eigenvalue weighted by atomic mass is 9.94. The molecule has 0 bridgehead atoms. The minimum absolute atomic E-state index is 0.110. The minimum atomic E-state index is -0.110. The molecule has 0 aliphatic carbocycles. The van der Waals surface area contributed by atoms with E-state index in [2.05, 4.69) is 29.9 Å². The van der Waals surface area contributed by atoms with E-state index in [1.54, 1.807) is 0 Å². The molecule has 2 aromatic carbocycles. The third-order valence-electron chi connectivity index (χ3n) is 4.31. The lowest BCUT2D eigenvalue weighted by Crippen LogP contribution is -2.18. The van der Waals surface area contributed by atoms with Gasteiger partial charge in [0.05, 0.1) is 23.7 Å². The SMILES string of the molecule is CC(C)Cc1nc[nH]c(=O)c1Cc1ccc(-c2ccccc2)c(C#N)c1. The summed E-state index contributed by atoms with van der Waals surface area (Å²) < 4.78 is 0. The number of hydrogen-bond acceptors (Lipinski definition) is 3. The Balaban J connectivity index is 1.98. The van der Waals surface area contributed by atoms with Crippen LogP contribution in [0.3, 0.4) is 0 Å². The summed E-state index contributed by atoms with van der Waals surface area (Å²) in [6.45, 7) is 4.21. The van der Waals surface area contributed by atoms with Crippen molar-refractivity contribution in [2.24, 2.45) is 5.92 Å². The topological polar surface area (TPSA) is 69.5 Å². The quantitative estimate of drug-likeness (QED) is 0.758. The maximum atomic E-state index is 12.3. The molecule has 0 spiro atoms. The van der Waals surface area contributed by atoms with E-state index in [0.717, 1.165) is 28.8 Å². The van der Waals surface area contributed by atoms with Gasteiger partial charge in [-0.2, -0.15) is 5.26 Å². The lowest BCUT2D eigenvalue weighted by molar-refractivity contribution is 0.627. The van der Waals surface area contributed by atoms with Crippen LogP contribution in [0.4, 0.5) is 0 Å². The molecule has 4 nitrogen and oxygen atoms in total. The van der Waals surface area contributed by atoms with Crippen molar-refractivity contribution in [3.05, 3.63) is 87.6 Å². The smallest absolute Gasteiger partial charge is 0.254 e. The van der Waals surface area contributed by atoms with E-state index >= 15 is 0 Å². The molecule has 3 aromatic rings. The Bertz CT molecular complexity index is 998. The van der Waals surface area contributed by atoms with E-state index in [-0.39, 0.29) is 5.56 Å². The zero-order chi connectivity index (χ0) is 18.5. The predicted molar refractivity (Wildman–Crippen MR) is 103 cm³/mol. The Kier molecular flexibility index (Phi) is 5.28. The maximum Gasteiger partial charge on any atom is 0.254 e. The van der Waals surface area contributed by atoms with E-state index in [4.69, 9.17) is 0 Å². The second-order valence-corrected chi connectivity index (χ2v) is 6.79. The summed E-state index contributed by atoms with van der Waals surface area (Å²) in [6.07, 6.45) is 2.68. The van der Waals surface area contributed by atoms with Gasteiger partial charge in [0.15, 0.2) is 0 Å². The van der Waals surface area contributed by atoms with Gasteiger partial charge >= 0.3 is 0 Å². The summed E-state index contributed by atoms with van der Waals surface area (Å²) in [5.41, 5.74) is 4.85. The van der Waals surface area contributed by atoms with E-state index in [1.165, 1.54) is 6.33 Å². The number of nitrogens with zero attached hydrogens (tertiary/aromatic N) is 2. The molecule has 0 aliphatic heterocycles. The van der Waals surface area contributed by atoms with E-state index in [9.17, 15) is 10.1 Å². The van der Waals surface area contributed by atoms with Gasteiger partial charge in [-0.25, -0.2) is 4.98 Å². The minimum Gasteiger partial charge on any atom is -0.313 e. The van der Waals surface area contributed by atoms with Crippen LogP contribution in [0, 0.1) is 17.2 Å². The molecule has 1 N–H and O–H groups in total. The maximum absolute atomic E-state index is 12.3. The number of hydrogen-bond donors (Lipinski definition) is 1. The second-order valence-electron chi connectivity index (χ2n) is 6.79. The van der Waals surface area contributed by atoms with Crippen LogP contribution < -0.4 is 5.56 Å². The van der Waals surface area contributed by atoms with Crippen LogP contribution in [0.2, 0.25) is 0 Å². The van der Waals surface area contributed by atoms with Crippen LogP contribution in [-0.4, -0.2) is 9.97 Å². The third-order valence-corrected chi connectivity index (χ3v) is 4.31. The lowest BCUT2D eigenvalue weighted by Gasteiger charge is -2.11. The van der Waals surface area contributed by atoms with Crippen molar-refractivity contribution in [3.63, 3.8) is 0 Å². The fourth-order valence-corrected chi connectivity index (χ4v) is 3.08. The Hall–Kier alpha value is -3.19. The number of benzene rings is 2. The zero-order valence-electron chi connectivity index (χ0n) is 15.0. The fourth-order valence-electron chi connectivity index (χ4n) is 3.08. The van der Waals surface area contributed by atoms with E-state index in [0.29, 0.717) is 23.5 Å². The summed E-state index contributed by atoms with van der Waals surface area (Å²) in [5.74, 6) is 0.415. The molecular weight excluding hydrogens is 322 g/mol. The summed E-state index contributed by atoms with van der Waals surface area (Å²) in [5, 5.41) is 9.57. The first kappa shape index (κ1) is 17.6. The number of H-pyrrole nitrogens is 1.